The summed E-state index contributed by atoms with van der Waals surface area (Å²) in [6.07, 6.45) is -0.738. The average molecular weight is 642 g/mol. The van der Waals surface area contributed by atoms with Crippen LogP contribution in [0.15, 0.2) is 113 Å². The van der Waals surface area contributed by atoms with Crippen LogP contribution in [0.1, 0.15) is 22.9 Å². The van der Waals surface area contributed by atoms with Gasteiger partial charge in [0.05, 0.1) is 0 Å². The van der Waals surface area contributed by atoms with Crippen molar-refractivity contribution in [2.24, 2.45) is 5.16 Å². The number of esters is 1. The zero-order valence-electron chi connectivity index (χ0n) is 23.6. The summed E-state index contributed by atoms with van der Waals surface area (Å²) >= 11 is 2.45. The Morgan fingerprint density at radius 2 is 1.64 bits per heavy atom. The fraction of sp³-hybridized carbons (Fsp3) is 0.156. The lowest BCUT2D eigenvalue weighted by Crippen LogP contribution is -2.71. The predicted molar refractivity (Wildman–Crippen MR) is 170 cm³/mol. The Labute approximate surface area is 266 Å². The lowest BCUT2D eigenvalue weighted by molar-refractivity contribution is -0.154. The third kappa shape index (κ3) is 6.26. The highest BCUT2D eigenvalue weighted by atomic mass is 32.2. The van der Waals surface area contributed by atoms with Gasteiger partial charge in [0.25, 0.3) is 11.8 Å². The molecule has 1 saturated heterocycles. The Balaban J connectivity index is 1.28. The number of benzene rings is 3. The number of nitrogens with zero attached hydrogens (tertiary/aromatic N) is 3. The monoisotopic (exact) mass is 641 g/mol. The number of fused-ring (bicyclic) bond motifs is 1. The summed E-state index contributed by atoms with van der Waals surface area (Å²) in [5.74, 6) is -1.08. The first-order valence-electron chi connectivity index (χ1n) is 13.8. The lowest BCUT2D eigenvalue weighted by atomic mass is 10.0. The molecule has 228 valence electrons. The Hall–Kier alpha value is -5.14. The van der Waals surface area contributed by atoms with Gasteiger partial charge in [0.2, 0.25) is 0 Å². The molecule has 0 bridgehead atoms. The third-order valence-corrected chi connectivity index (χ3v) is 9.21. The second-order valence-electron chi connectivity index (χ2n) is 10.0. The molecule has 4 aromatic rings. The molecule has 45 heavy (non-hydrogen) atoms. The van der Waals surface area contributed by atoms with E-state index in [2.05, 4.69) is 15.5 Å². The smallest absolute Gasteiger partial charge is 0.356 e. The van der Waals surface area contributed by atoms with Gasteiger partial charge in [-0.15, -0.1) is 23.1 Å². The first-order chi connectivity index (χ1) is 21.9. The van der Waals surface area contributed by atoms with E-state index in [4.69, 9.17) is 15.2 Å². The van der Waals surface area contributed by atoms with Crippen molar-refractivity contribution in [3.05, 3.63) is 124 Å². The number of para-hydroxylation sites is 1. The van der Waals surface area contributed by atoms with Gasteiger partial charge in [-0.1, -0.05) is 84.0 Å². The summed E-state index contributed by atoms with van der Waals surface area (Å²) in [5.41, 5.74) is 7.53. The first-order valence-corrected chi connectivity index (χ1v) is 15.8. The van der Waals surface area contributed by atoms with Crippen molar-refractivity contribution in [3.8, 4) is 5.75 Å². The Morgan fingerprint density at radius 3 is 2.22 bits per heavy atom. The van der Waals surface area contributed by atoms with Crippen LogP contribution in [-0.4, -0.2) is 62.4 Å². The summed E-state index contributed by atoms with van der Waals surface area (Å²) in [6.45, 7) is 0.0445. The molecule has 0 aliphatic carbocycles. The number of amides is 2. The molecule has 0 radical (unpaired) electrons. The van der Waals surface area contributed by atoms with Gasteiger partial charge in [-0.05, 0) is 23.3 Å². The van der Waals surface area contributed by atoms with Gasteiger partial charge in [-0.2, -0.15) is 0 Å². The summed E-state index contributed by atoms with van der Waals surface area (Å²) in [7, 11) is 0. The molecule has 1 aromatic heterocycles. The van der Waals surface area contributed by atoms with Crippen LogP contribution < -0.4 is 15.8 Å². The van der Waals surface area contributed by atoms with Crippen LogP contribution in [0, 0.1) is 0 Å². The van der Waals surface area contributed by atoms with Gasteiger partial charge >= 0.3 is 5.97 Å². The van der Waals surface area contributed by atoms with E-state index in [-0.39, 0.29) is 28.8 Å². The van der Waals surface area contributed by atoms with Crippen molar-refractivity contribution in [3.63, 3.8) is 0 Å². The van der Waals surface area contributed by atoms with E-state index in [1.165, 1.54) is 22.0 Å². The van der Waals surface area contributed by atoms with Gasteiger partial charge in [0, 0.05) is 16.7 Å². The van der Waals surface area contributed by atoms with Crippen LogP contribution in [0.25, 0.3) is 0 Å². The van der Waals surface area contributed by atoms with Crippen LogP contribution in [0.2, 0.25) is 0 Å². The van der Waals surface area contributed by atoms with Gasteiger partial charge in [-0.25, -0.2) is 9.78 Å². The summed E-state index contributed by atoms with van der Waals surface area (Å²) in [6, 6.07) is 26.8. The SMILES string of the molecule is Nc1nc(C(=NO)C(=O)NC2C(=O)N3C(C(=O)OC(c4ccccc4)c4ccccc4)=C(COc4ccccc4)CS[C@@H]23)cs1. The maximum atomic E-state index is 14.1. The standard InChI is InChI=1S/C32H27N5O6S2/c33-32-34-23(18-45-32)24(36-41)28(38)35-25-29(39)37-26(21(17-44-30(25)37)16-42-22-14-8-3-9-15-22)31(40)43-27(19-10-4-1-5-11-19)20-12-6-2-7-13-20/h1-15,18,25,27,30,41H,16-17H2,(H2,33,34)(H,35,38)/t25?,30-/m0/s1. The zero-order chi connectivity index (χ0) is 31.3. The van der Waals surface area contributed by atoms with Crippen molar-refractivity contribution >= 4 is 51.7 Å². The van der Waals surface area contributed by atoms with Gasteiger partial charge in [0.15, 0.2) is 16.9 Å². The zero-order valence-corrected chi connectivity index (χ0v) is 25.2. The number of carbonyl (C=O) groups is 3. The second-order valence-corrected chi connectivity index (χ2v) is 12.0. The van der Waals surface area contributed by atoms with Crippen molar-refractivity contribution in [1.29, 1.82) is 0 Å². The minimum Gasteiger partial charge on any atom is -0.489 e. The van der Waals surface area contributed by atoms with Crippen LogP contribution in [0.3, 0.4) is 0 Å². The molecule has 0 spiro atoms. The molecule has 3 aromatic carbocycles. The number of thioether (sulfide) groups is 1. The van der Waals surface area contributed by atoms with Crippen molar-refractivity contribution in [2.45, 2.75) is 17.5 Å². The molecule has 2 aliphatic heterocycles. The van der Waals surface area contributed by atoms with Crippen molar-refractivity contribution in [2.75, 3.05) is 18.1 Å². The fourth-order valence-corrected chi connectivity index (χ4v) is 6.91. The molecule has 2 amide bonds. The van der Waals surface area contributed by atoms with Crippen LogP contribution in [0.4, 0.5) is 5.13 Å². The van der Waals surface area contributed by atoms with Crippen molar-refractivity contribution < 1.29 is 29.1 Å². The highest BCUT2D eigenvalue weighted by Crippen LogP contribution is 2.42. The maximum absolute atomic E-state index is 14.1. The maximum Gasteiger partial charge on any atom is 0.356 e. The number of thiazole rings is 1. The topological polar surface area (TPSA) is 156 Å². The number of nitrogens with one attached hydrogen (secondary N) is 1. The van der Waals surface area contributed by atoms with E-state index in [0.717, 1.165) is 22.5 Å². The number of carbonyl (C=O) groups excluding carboxylic acids is 3. The van der Waals surface area contributed by atoms with E-state index >= 15 is 0 Å². The number of anilines is 1. The molecule has 2 aliphatic rings. The van der Waals surface area contributed by atoms with Gasteiger partial charge in [0.1, 0.15) is 35.2 Å². The quantitative estimate of drug-likeness (QED) is 0.0767. The minimum atomic E-state index is -0.992. The van der Waals surface area contributed by atoms with Crippen LogP contribution in [0.5, 0.6) is 5.75 Å². The lowest BCUT2D eigenvalue weighted by Gasteiger charge is -2.49. The van der Waals surface area contributed by atoms with Gasteiger partial charge in [-0.3, -0.25) is 14.5 Å². The average Bonchev–Trinajstić information content (AvgIpc) is 3.51. The summed E-state index contributed by atoms with van der Waals surface area (Å²) in [4.78, 5) is 46.1. The number of nitrogen functional groups attached to an aromatic ring is 1. The minimum absolute atomic E-state index is 0.0445. The number of rotatable bonds is 10. The molecule has 3 heterocycles. The predicted octanol–water partition coefficient (Wildman–Crippen LogP) is 3.97. The van der Waals surface area contributed by atoms with Gasteiger partial charge < -0.3 is 25.7 Å². The van der Waals surface area contributed by atoms with Crippen molar-refractivity contribution in [1.82, 2.24) is 15.2 Å². The molecule has 4 N–H and O–H groups in total. The molecule has 1 unspecified atom stereocenters. The number of ether oxygens (including phenoxy) is 2. The highest BCUT2D eigenvalue weighted by Gasteiger charge is 2.55. The highest BCUT2D eigenvalue weighted by molar-refractivity contribution is 8.00. The normalized spacial score (nSPS) is 17.8. The molecule has 11 nitrogen and oxygen atoms in total. The number of β-lactam (4-membered cyclic amide) rings is 1. The molecule has 6 rings (SSSR count). The molecular weight excluding hydrogens is 615 g/mol. The second kappa shape index (κ2) is 13.2. The number of aromatic nitrogens is 1. The van der Waals surface area contributed by atoms with E-state index in [1.54, 1.807) is 12.1 Å². The number of hydrogen-bond donors (Lipinski definition) is 3. The number of hydrogen-bond acceptors (Lipinski definition) is 11. The molecule has 2 atom stereocenters. The summed E-state index contributed by atoms with van der Waals surface area (Å²) in [5, 5.41) is 16.2. The van der Waals surface area contributed by atoms with Crippen LogP contribution >= 0.6 is 23.1 Å². The molecule has 0 saturated carbocycles. The van der Waals surface area contributed by atoms with E-state index in [0.29, 0.717) is 17.1 Å². The molecular formula is C32H27N5O6S2. The molecule has 13 heteroatoms. The fourth-order valence-electron chi connectivity index (χ4n) is 5.04. The molecule has 1 fully saturated rings. The Morgan fingerprint density at radius 1 is 1.02 bits per heavy atom. The largest absolute Gasteiger partial charge is 0.489 e. The summed E-state index contributed by atoms with van der Waals surface area (Å²) < 4.78 is 12.1. The Bertz CT molecular complexity index is 1720. The van der Waals surface area contributed by atoms with Crippen LogP contribution in [-0.2, 0) is 19.1 Å². The van der Waals surface area contributed by atoms with E-state index in [1.807, 2.05) is 78.9 Å². The third-order valence-electron chi connectivity index (χ3n) is 7.19. The van der Waals surface area contributed by atoms with E-state index in [9.17, 15) is 19.6 Å². The first kappa shape index (κ1) is 29.9. The number of oxime groups is 1. The van der Waals surface area contributed by atoms with E-state index < -0.39 is 35.3 Å². The Kier molecular flexibility index (Phi) is 8.80. The number of nitrogens with two attached hydrogens (primary N) is 1.